The molecular weight excluding hydrogens is 568 g/mol. The third kappa shape index (κ3) is 6.36. The lowest BCUT2D eigenvalue weighted by atomic mass is 9.98. The van der Waals surface area contributed by atoms with Crippen LogP contribution in [-0.4, -0.2) is 63.8 Å². The van der Waals surface area contributed by atoms with Gasteiger partial charge in [-0.25, -0.2) is 27.3 Å². The van der Waals surface area contributed by atoms with Crippen molar-refractivity contribution in [3.63, 3.8) is 0 Å². The van der Waals surface area contributed by atoms with Crippen LogP contribution < -0.4 is 16.4 Å². The van der Waals surface area contributed by atoms with Crippen LogP contribution in [0, 0.1) is 5.92 Å². The van der Waals surface area contributed by atoms with Gasteiger partial charge in [0.05, 0.1) is 17.0 Å². The van der Waals surface area contributed by atoms with Crippen molar-refractivity contribution in [1.82, 2.24) is 19.2 Å². The number of urea groups is 1. The number of carbonyl (C=O) groups excluding carboxylic acids is 1. The molecule has 0 atom stereocenters. The Morgan fingerprint density at radius 2 is 1.77 bits per heavy atom. The number of carboxylic acid groups (broad SMARTS) is 1. The van der Waals surface area contributed by atoms with E-state index in [1.165, 1.54) is 0 Å². The van der Waals surface area contributed by atoms with E-state index in [2.05, 4.69) is 15.6 Å². The van der Waals surface area contributed by atoms with Crippen LogP contribution in [0.3, 0.4) is 0 Å². The molecule has 5 N–H and O–H groups in total. The van der Waals surface area contributed by atoms with Crippen LogP contribution in [0.1, 0.15) is 55.4 Å². The molecule has 12 heteroatoms. The topological polar surface area (TPSA) is 160 Å². The van der Waals surface area contributed by atoms with E-state index in [-0.39, 0.29) is 30.7 Å². The van der Waals surface area contributed by atoms with E-state index in [1.54, 1.807) is 41.8 Å². The predicted octanol–water partition coefficient (Wildman–Crippen LogP) is 4.36. The summed E-state index contributed by atoms with van der Waals surface area (Å²) in [5.74, 6) is -0.890. The number of nitrogens with two attached hydrogens (primary N) is 1. The first kappa shape index (κ1) is 30.5. The van der Waals surface area contributed by atoms with Crippen LogP contribution in [-0.2, 0) is 23.1 Å². The number of benzene rings is 2. The number of aromatic carboxylic acids is 1. The molecule has 11 nitrogen and oxygen atoms in total. The summed E-state index contributed by atoms with van der Waals surface area (Å²) in [5, 5.41) is 18.3. The summed E-state index contributed by atoms with van der Waals surface area (Å²) in [6.45, 7) is 6.89. The van der Waals surface area contributed by atoms with Crippen LogP contribution in [0.25, 0.3) is 21.8 Å². The Balaban J connectivity index is 1.32. The molecule has 3 heterocycles. The van der Waals surface area contributed by atoms with Crippen molar-refractivity contribution in [3.05, 3.63) is 71.5 Å². The minimum Gasteiger partial charge on any atom is -0.477 e. The number of amides is 2. The number of hydrogen-bond acceptors (Lipinski definition) is 6. The van der Waals surface area contributed by atoms with Gasteiger partial charge in [0, 0.05) is 37.3 Å². The van der Waals surface area contributed by atoms with Gasteiger partial charge in [0.15, 0.2) is 0 Å². The maximum absolute atomic E-state index is 12.9. The first-order valence-corrected chi connectivity index (χ1v) is 15.8. The summed E-state index contributed by atoms with van der Waals surface area (Å²) in [5.41, 5.74) is 8.49. The minimum absolute atomic E-state index is 0.109. The molecule has 0 unspecified atom stereocenters. The maximum atomic E-state index is 12.9. The fourth-order valence-electron chi connectivity index (χ4n) is 5.53. The largest absolute Gasteiger partial charge is 0.477 e. The Kier molecular flexibility index (Phi) is 8.46. The lowest BCUT2D eigenvalue weighted by Gasteiger charge is -2.35. The molecule has 1 aliphatic rings. The Hall–Kier alpha value is -4.00. The lowest BCUT2D eigenvalue weighted by Crippen LogP contribution is -2.47. The fourth-order valence-corrected chi connectivity index (χ4v) is 7.00. The highest BCUT2D eigenvalue weighted by atomic mass is 32.2. The average Bonchev–Trinajstić information content (AvgIpc) is 3.33. The number of pyridine rings is 1. The molecule has 0 bridgehead atoms. The molecule has 0 aliphatic carbocycles. The maximum Gasteiger partial charge on any atom is 0.352 e. The van der Waals surface area contributed by atoms with E-state index in [4.69, 9.17) is 5.73 Å². The van der Waals surface area contributed by atoms with Gasteiger partial charge in [0.1, 0.15) is 11.3 Å². The second-order valence-electron chi connectivity index (χ2n) is 12.0. The summed E-state index contributed by atoms with van der Waals surface area (Å²) < 4.78 is 27.9. The Bertz CT molecular complexity index is 1790. The van der Waals surface area contributed by atoms with Gasteiger partial charge >= 0.3 is 12.0 Å². The van der Waals surface area contributed by atoms with Crippen LogP contribution >= 0.6 is 0 Å². The van der Waals surface area contributed by atoms with Gasteiger partial charge in [0.25, 0.3) is 0 Å². The van der Waals surface area contributed by atoms with Crippen LogP contribution in [0.2, 0.25) is 0 Å². The van der Waals surface area contributed by atoms with E-state index in [0.29, 0.717) is 54.9 Å². The van der Waals surface area contributed by atoms with E-state index in [0.717, 1.165) is 16.3 Å². The van der Waals surface area contributed by atoms with Gasteiger partial charge in [-0.2, -0.15) is 0 Å². The number of carboxylic acids is 1. The summed E-state index contributed by atoms with van der Waals surface area (Å²) in [7, 11) is -3.37. The van der Waals surface area contributed by atoms with Crippen LogP contribution in [0.4, 0.5) is 10.5 Å². The molecule has 4 aromatic rings. The molecule has 0 spiro atoms. The quantitative estimate of drug-likeness (QED) is 0.232. The molecule has 0 saturated carbocycles. The number of rotatable bonds is 8. The van der Waals surface area contributed by atoms with Crippen molar-refractivity contribution in [2.24, 2.45) is 11.7 Å². The molecule has 2 amide bonds. The SMILES string of the molecule is CC(C)(C)S(=O)(=O)N1CCC(CNC(=O)Nc2cc(Cn3c(C(=O)O)cc4ccc(CN)nc43)c3ccccc3c2)CC1. The first-order valence-electron chi connectivity index (χ1n) is 14.4. The van der Waals surface area contributed by atoms with Crippen molar-refractivity contribution in [3.8, 4) is 0 Å². The van der Waals surface area contributed by atoms with E-state index in [1.807, 2.05) is 42.5 Å². The van der Waals surface area contributed by atoms with E-state index >= 15 is 0 Å². The van der Waals surface area contributed by atoms with E-state index in [9.17, 15) is 23.1 Å². The monoisotopic (exact) mass is 606 g/mol. The summed E-state index contributed by atoms with van der Waals surface area (Å²) >= 11 is 0. The molecule has 2 aromatic carbocycles. The van der Waals surface area contributed by atoms with Crippen molar-refractivity contribution in [2.75, 3.05) is 25.0 Å². The number of hydrogen-bond donors (Lipinski definition) is 4. The van der Waals surface area contributed by atoms with Gasteiger partial charge in [0.2, 0.25) is 10.0 Å². The summed E-state index contributed by atoms with van der Waals surface area (Å²) in [4.78, 5) is 29.7. The molecule has 1 aliphatic heterocycles. The number of nitrogens with one attached hydrogen (secondary N) is 2. The molecule has 5 rings (SSSR count). The number of aromatic nitrogens is 2. The normalized spacial score (nSPS) is 15.2. The second-order valence-corrected chi connectivity index (χ2v) is 14.7. The highest BCUT2D eigenvalue weighted by molar-refractivity contribution is 7.90. The summed E-state index contributed by atoms with van der Waals surface area (Å²) in [6.07, 6.45) is 1.35. The van der Waals surface area contributed by atoms with Crippen molar-refractivity contribution >= 4 is 49.5 Å². The Morgan fingerprint density at radius 3 is 2.44 bits per heavy atom. The number of carbonyl (C=O) groups is 2. The minimum atomic E-state index is -3.37. The number of fused-ring (bicyclic) bond motifs is 2. The van der Waals surface area contributed by atoms with Crippen LogP contribution in [0.15, 0.2) is 54.6 Å². The van der Waals surface area contributed by atoms with Crippen LogP contribution in [0.5, 0.6) is 0 Å². The molecule has 43 heavy (non-hydrogen) atoms. The third-order valence-electron chi connectivity index (χ3n) is 8.00. The number of anilines is 1. The molecule has 1 fully saturated rings. The zero-order chi connectivity index (χ0) is 30.9. The molecule has 2 aromatic heterocycles. The zero-order valence-corrected chi connectivity index (χ0v) is 25.4. The Morgan fingerprint density at radius 1 is 1.05 bits per heavy atom. The summed E-state index contributed by atoms with van der Waals surface area (Å²) in [6, 6.07) is 16.3. The zero-order valence-electron chi connectivity index (χ0n) is 24.6. The van der Waals surface area contributed by atoms with Gasteiger partial charge in [-0.3, -0.25) is 0 Å². The molecule has 228 valence electrons. The van der Waals surface area contributed by atoms with Crippen molar-refractivity contribution in [1.29, 1.82) is 0 Å². The standard InChI is InChI=1S/C31H38N6O5S/c1-31(2,3)43(41,42)36-12-10-20(11-13-36)18-33-30(40)35-25-14-21-6-4-5-7-26(21)23(15-25)19-37-27(29(38)39)16-22-8-9-24(17-32)34-28(22)37/h4-9,14-16,20H,10-13,17-19,32H2,1-3H3,(H,38,39)(H2,33,35,40). The highest BCUT2D eigenvalue weighted by Crippen LogP contribution is 2.29. The number of nitrogens with zero attached hydrogens (tertiary/aromatic N) is 3. The highest BCUT2D eigenvalue weighted by Gasteiger charge is 2.37. The van der Waals surface area contributed by atoms with E-state index < -0.39 is 20.7 Å². The van der Waals surface area contributed by atoms with Gasteiger partial charge < -0.3 is 26.0 Å². The molecule has 0 radical (unpaired) electrons. The lowest BCUT2D eigenvalue weighted by molar-refractivity contribution is 0.0686. The second kappa shape index (κ2) is 11.9. The van der Waals surface area contributed by atoms with Gasteiger partial charge in [-0.1, -0.05) is 24.3 Å². The Labute approximate surface area is 251 Å². The van der Waals surface area contributed by atoms with Gasteiger partial charge in [-0.05, 0) is 86.2 Å². The fraction of sp³-hybridized carbons (Fsp3) is 0.387. The van der Waals surface area contributed by atoms with Gasteiger partial charge in [-0.15, -0.1) is 0 Å². The first-order chi connectivity index (χ1) is 20.4. The van der Waals surface area contributed by atoms with Crippen molar-refractivity contribution in [2.45, 2.75) is 51.4 Å². The molecular formula is C31H38N6O5S. The smallest absolute Gasteiger partial charge is 0.352 e. The third-order valence-corrected chi connectivity index (χ3v) is 10.6. The predicted molar refractivity (Wildman–Crippen MR) is 168 cm³/mol. The van der Waals surface area contributed by atoms with Crippen molar-refractivity contribution < 1.29 is 23.1 Å². The molecule has 1 saturated heterocycles. The number of sulfonamides is 1. The number of piperidine rings is 1. The average molecular weight is 607 g/mol.